The summed E-state index contributed by atoms with van der Waals surface area (Å²) in [6.45, 7) is 4.95. The van der Waals surface area contributed by atoms with Crippen LogP contribution in [0.25, 0.3) is 0 Å². The molecule has 4 heteroatoms. The molecule has 0 aromatic heterocycles. The lowest BCUT2D eigenvalue weighted by atomic mass is 9.47. The van der Waals surface area contributed by atoms with Gasteiger partial charge < -0.3 is 9.62 Å². The standard InChI is InChI=1S/C25H38O4/c1-24-15-13-21(26)23(29-27-3)20(24)9-8-17-18-10-11-22(28-16-6-4-5-7-16)25(18,2)14-12-19(17)24/h16-19,22H,4-15H2,1-3H3/t17-,18-,19-,22-,24+,25-/m0/s1. The fraction of sp³-hybridized carbons (Fsp3) is 0.880. The summed E-state index contributed by atoms with van der Waals surface area (Å²) in [5.74, 6) is 2.86. The lowest BCUT2D eigenvalue weighted by molar-refractivity contribution is -0.240. The van der Waals surface area contributed by atoms with E-state index in [1.165, 1.54) is 70.5 Å². The van der Waals surface area contributed by atoms with Crippen LogP contribution in [-0.4, -0.2) is 25.1 Å². The molecule has 0 amide bonds. The number of carbonyl (C=O) groups is 1. The van der Waals surface area contributed by atoms with E-state index in [0.29, 0.717) is 35.7 Å². The van der Waals surface area contributed by atoms with Crippen LogP contribution in [0.15, 0.2) is 11.3 Å². The molecule has 0 aliphatic heterocycles. The number of Topliss-reactive ketones (excluding diaryl/α,β-unsaturated/α-hetero) is 1. The fourth-order valence-electron chi connectivity index (χ4n) is 8.28. The molecule has 4 saturated carbocycles. The summed E-state index contributed by atoms with van der Waals surface area (Å²) in [5.41, 5.74) is 1.69. The number of ketones is 1. The van der Waals surface area contributed by atoms with E-state index in [1.807, 2.05) is 0 Å². The highest BCUT2D eigenvalue weighted by molar-refractivity contribution is 5.95. The first-order valence-corrected chi connectivity index (χ1v) is 12.1. The van der Waals surface area contributed by atoms with E-state index in [1.54, 1.807) is 0 Å². The molecule has 0 unspecified atom stereocenters. The molecule has 5 rings (SSSR count). The van der Waals surface area contributed by atoms with Crippen LogP contribution in [0.5, 0.6) is 0 Å². The second-order valence-corrected chi connectivity index (χ2v) is 11.0. The zero-order valence-electron chi connectivity index (χ0n) is 18.5. The minimum atomic E-state index is 0.0937. The molecule has 0 radical (unpaired) electrons. The third kappa shape index (κ3) is 3.04. The Bertz CT molecular complexity index is 693. The molecule has 29 heavy (non-hydrogen) atoms. The van der Waals surface area contributed by atoms with Crippen molar-refractivity contribution in [1.29, 1.82) is 0 Å². The van der Waals surface area contributed by atoms with Crippen LogP contribution >= 0.6 is 0 Å². The number of hydrogen-bond donors (Lipinski definition) is 0. The molecule has 6 atom stereocenters. The van der Waals surface area contributed by atoms with Crippen LogP contribution in [0, 0.1) is 28.6 Å². The average molecular weight is 403 g/mol. The molecule has 0 aromatic carbocycles. The Morgan fingerprint density at radius 3 is 2.45 bits per heavy atom. The first kappa shape index (κ1) is 20.1. The molecular weight excluding hydrogens is 364 g/mol. The highest BCUT2D eigenvalue weighted by atomic mass is 17.2. The molecule has 0 saturated heterocycles. The number of hydrogen-bond acceptors (Lipinski definition) is 4. The second kappa shape index (κ2) is 7.37. The van der Waals surface area contributed by atoms with E-state index in [9.17, 15) is 4.79 Å². The minimum Gasteiger partial charge on any atom is -0.374 e. The van der Waals surface area contributed by atoms with Gasteiger partial charge in [-0.3, -0.25) is 4.79 Å². The molecule has 4 nitrogen and oxygen atoms in total. The Morgan fingerprint density at radius 1 is 0.897 bits per heavy atom. The van der Waals surface area contributed by atoms with E-state index in [4.69, 9.17) is 14.5 Å². The van der Waals surface area contributed by atoms with Crippen LogP contribution in [0.3, 0.4) is 0 Å². The number of ether oxygens (including phenoxy) is 1. The van der Waals surface area contributed by atoms with Crippen LogP contribution < -0.4 is 0 Å². The summed E-state index contributed by atoms with van der Waals surface area (Å²) in [5, 5.41) is 0. The molecule has 0 aromatic rings. The lowest BCUT2D eigenvalue weighted by Gasteiger charge is -2.58. The first-order valence-electron chi connectivity index (χ1n) is 12.1. The Hall–Kier alpha value is -0.870. The van der Waals surface area contributed by atoms with E-state index in [2.05, 4.69) is 13.8 Å². The summed E-state index contributed by atoms with van der Waals surface area (Å²) in [4.78, 5) is 22.9. The summed E-state index contributed by atoms with van der Waals surface area (Å²) in [6, 6.07) is 0. The van der Waals surface area contributed by atoms with Crippen LogP contribution in [-0.2, 0) is 19.3 Å². The lowest BCUT2D eigenvalue weighted by Crippen LogP contribution is -2.52. The SMILES string of the molecule is COOC1=C2CC[C@H]3[C@@H]4CC[C@H](OC5CCCC5)[C@@]4(C)CC[C@@H]3[C@@]2(C)CCC1=O. The van der Waals surface area contributed by atoms with E-state index < -0.39 is 0 Å². The molecule has 5 aliphatic carbocycles. The third-order valence-electron chi connectivity index (χ3n) is 9.81. The van der Waals surface area contributed by atoms with Crippen molar-refractivity contribution in [2.75, 3.05) is 7.11 Å². The van der Waals surface area contributed by atoms with Gasteiger partial charge >= 0.3 is 0 Å². The largest absolute Gasteiger partial charge is 0.374 e. The van der Waals surface area contributed by atoms with Gasteiger partial charge in [0.1, 0.15) is 0 Å². The molecule has 0 N–H and O–H groups in total. The van der Waals surface area contributed by atoms with Gasteiger partial charge in [-0.25, -0.2) is 0 Å². The van der Waals surface area contributed by atoms with Gasteiger partial charge in [0.05, 0.1) is 19.3 Å². The van der Waals surface area contributed by atoms with Crippen LogP contribution in [0.4, 0.5) is 0 Å². The van der Waals surface area contributed by atoms with E-state index in [-0.39, 0.29) is 11.2 Å². The molecule has 0 bridgehead atoms. The Morgan fingerprint density at radius 2 is 1.69 bits per heavy atom. The summed E-state index contributed by atoms with van der Waals surface area (Å²) < 4.78 is 6.73. The summed E-state index contributed by atoms with van der Waals surface area (Å²) >= 11 is 0. The van der Waals surface area contributed by atoms with E-state index in [0.717, 1.165) is 24.7 Å². The van der Waals surface area contributed by atoms with Crippen LogP contribution in [0.2, 0.25) is 0 Å². The quantitative estimate of drug-likeness (QED) is 0.443. The van der Waals surface area contributed by atoms with Gasteiger partial charge in [0, 0.05) is 6.42 Å². The maximum absolute atomic E-state index is 12.5. The highest BCUT2D eigenvalue weighted by Crippen LogP contribution is 2.66. The summed E-state index contributed by atoms with van der Waals surface area (Å²) in [6.07, 6.45) is 15.1. The molecule has 0 heterocycles. The number of carbonyl (C=O) groups excluding carboxylic acids is 1. The average Bonchev–Trinajstić information content (AvgIpc) is 3.33. The van der Waals surface area contributed by atoms with Crippen molar-refractivity contribution in [2.24, 2.45) is 28.6 Å². The third-order valence-corrected chi connectivity index (χ3v) is 9.81. The van der Waals surface area contributed by atoms with Crippen molar-refractivity contribution in [1.82, 2.24) is 0 Å². The smallest absolute Gasteiger partial charge is 0.207 e. The van der Waals surface area contributed by atoms with Gasteiger partial charge in [-0.1, -0.05) is 26.7 Å². The maximum Gasteiger partial charge on any atom is 0.207 e. The zero-order chi connectivity index (χ0) is 20.2. The Kier molecular flexibility index (Phi) is 5.10. The normalized spacial score (nSPS) is 45.1. The topological polar surface area (TPSA) is 44.8 Å². The van der Waals surface area contributed by atoms with Crippen molar-refractivity contribution < 1.29 is 19.3 Å². The van der Waals surface area contributed by atoms with Gasteiger partial charge in [-0.15, -0.1) is 0 Å². The van der Waals surface area contributed by atoms with Crippen molar-refractivity contribution in [2.45, 2.75) is 103 Å². The van der Waals surface area contributed by atoms with E-state index >= 15 is 0 Å². The molecular formula is C25H38O4. The second-order valence-electron chi connectivity index (χ2n) is 11.0. The molecule has 5 aliphatic rings. The first-order chi connectivity index (χ1) is 14.0. The van der Waals surface area contributed by atoms with Crippen molar-refractivity contribution in [3.05, 3.63) is 11.3 Å². The zero-order valence-corrected chi connectivity index (χ0v) is 18.5. The summed E-state index contributed by atoms with van der Waals surface area (Å²) in [7, 11) is 1.51. The van der Waals surface area contributed by atoms with Gasteiger partial charge in [-0.2, -0.15) is 4.89 Å². The number of allylic oxidation sites excluding steroid dienone is 1. The number of fused-ring (bicyclic) bond motifs is 5. The molecule has 4 fully saturated rings. The van der Waals surface area contributed by atoms with Crippen LogP contribution in [0.1, 0.15) is 90.9 Å². The van der Waals surface area contributed by atoms with Crippen molar-refractivity contribution in [3.63, 3.8) is 0 Å². The molecule has 162 valence electrons. The van der Waals surface area contributed by atoms with Crippen molar-refractivity contribution in [3.8, 4) is 0 Å². The fourth-order valence-corrected chi connectivity index (χ4v) is 8.28. The van der Waals surface area contributed by atoms with Gasteiger partial charge in [0.15, 0.2) is 0 Å². The Balaban J connectivity index is 1.40. The number of rotatable bonds is 4. The highest BCUT2D eigenvalue weighted by Gasteiger charge is 2.60. The predicted molar refractivity (Wildman–Crippen MR) is 111 cm³/mol. The van der Waals surface area contributed by atoms with Gasteiger partial charge in [0.25, 0.3) is 0 Å². The molecule has 0 spiro atoms. The monoisotopic (exact) mass is 402 g/mol. The Labute approximate surface area is 175 Å². The predicted octanol–water partition coefficient (Wildman–Crippen LogP) is 5.75. The van der Waals surface area contributed by atoms with Crippen molar-refractivity contribution >= 4 is 5.78 Å². The van der Waals surface area contributed by atoms with Gasteiger partial charge in [0.2, 0.25) is 11.5 Å². The van der Waals surface area contributed by atoms with Gasteiger partial charge in [-0.05, 0) is 91.9 Å². The maximum atomic E-state index is 12.5. The minimum absolute atomic E-state index is 0.0937.